The minimum absolute atomic E-state index is 0.0292. The molecule has 10 heteroatoms. The van der Waals surface area contributed by atoms with Crippen molar-refractivity contribution < 1.29 is 18.3 Å². The number of halogens is 2. The summed E-state index contributed by atoms with van der Waals surface area (Å²) >= 11 is 0. The van der Waals surface area contributed by atoms with Crippen LogP contribution in [0.25, 0.3) is 0 Å². The van der Waals surface area contributed by atoms with Crippen LogP contribution >= 0.6 is 0 Å². The average molecular weight is 537 g/mol. The van der Waals surface area contributed by atoms with Crippen LogP contribution in [0.3, 0.4) is 0 Å². The molecule has 2 saturated heterocycles. The Morgan fingerprint density at radius 1 is 1.26 bits per heavy atom. The summed E-state index contributed by atoms with van der Waals surface area (Å²) in [7, 11) is 1.91. The van der Waals surface area contributed by atoms with Gasteiger partial charge >= 0.3 is 0 Å². The summed E-state index contributed by atoms with van der Waals surface area (Å²) in [6.07, 6.45) is 4.63. The number of alkyl halides is 2. The number of aromatic nitrogens is 4. The number of ether oxygens (including phenoxy) is 1. The Bertz CT molecular complexity index is 1390. The minimum atomic E-state index is -3.02. The van der Waals surface area contributed by atoms with Gasteiger partial charge in [0.25, 0.3) is 11.8 Å². The Morgan fingerprint density at radius 3 is 2.82 bits per heavy atom. The van der Waals surface area contributed by atoms with Crippen LogP contribution in [0.2, 0.25) is 0 Å². The molecule has 4 heterocycles. The average Bonchev–Trinajstić information content (AvgIpc) is 3.43. The van der Waals surface area contributed by atoms with Gasteiger partial charge in [-0.3, -0.25) is 9.69 Å². The van der Waals surface area contributed by atoms with Crippen LogP contribution in [0.4, 0.5) is 14.5 Å². The van der Waals surface area contributed by atoms with Gasteiger partial charge in [0.15, 0.2) is 0 Å². The molecular weight excluding hydrogens is 502 g/mol. The summed E-state index contributed by atoms with van der Waals surface area (Å²) < 4.78 is 37.1. The molecule has 1 aliphatic carbocycles. The molecule has 0 spiro atoms. The highest BCUT2D eigenvalue weighted by Gasteiger charge is 2.43. The minimum Gasteiger partial charge on any atom is -0.379 e. The number of nitrogens with one attached hydrogen (secondary N) is 1. The van der Waals surface area contributed by atoms with Crippen molar-refractivity contribution in [2.24, 2.45) is 13.0 Å². The predicted molar refractivity (Wildman–Crippen MR) is 142 cm³/mol. The summed E-state index contributed by atoms with van der Waals surface area (Å²) in [4.78, 5) is 19.9. The maximum atomic E-state index is 14.8. The zero-order valence-corrected chi connectivity index (χ0v) is 22.4. The zero-order chi connectivity index (χ0) is 27.2. The van der Waals surface area contributed by atoms with Gasteiger partial charge in [0.05, 0.1) is 13.2 Å². The summed E-state index contributed by atoms with van der Waals surface area (Å²) in [5, 5.41) is 11.1. The summed E-state index contributed by atoms with van der Waals surface area (Å²) in [5.41, 5.74) is 2.52. The maximum Gasteiger partial charge on any atom is 0.290 e. The molecule has 2 aliphatic heterocycles. The number of aryl methyl sites for hydroxylation is 1. The molecule has 206 valence electrons. The molecule has 0 bridgehead atoms. The second-order valence-electron chi connectivity index (χ2n) is 11.5. The van der Waals surface area contributed by atoms with E-state index >= 15 is 0 Å². The molecule has 8 nitrogen and oxygen atoms in total. The molecule has 6 rings (SSSR count). The van der Waals surface area contributed by atoms with E-state index < -0.39 is 11.8 Å². The lowest BCUT2D eigenvalue weighted by atomic mass is 9.75. The van der Waals surface area contributed by atoms with Gasteiger partial charge in [-0.2, -0.15) is 8.78 Å². The van der Waals surface area contributed by atoms with Crippen LogP contribution < -0.4 is 5.32 Å². The van der Waals surface area contributed by atoms with Gasteiger partial charge in [-0.25, -0.2) is 4.98 Å². The molecule has 0 unspecified atom stereocenters. The number of piperidine rings is 1. The van der Waals surface area contributed by atoms with Gasteiger partial charge in [0.1, 0.15) is 23.5 Å². The van der Waals surface area contributed by atoms with Crippen molar-refractivity contribution in [2.75, 3.05) is 31.6 Å². The van der Waals surface area contributed by atoms with Gasteiger partial charge in [-0.15, -0.1) is 10.2 Å². The number of carbonyl (C=O) groups is 1. The first-order valence-corrected chi connectivity index (χ1v) is 13.7. The van der Waals surface area contributed by atoms with Crippen molar-refractivity contribution >= 4 is 11.6 Å². The van der Waals surface area contributed by atoms with E-state index in [2.05, 4.69) is 32.3 Å². The molecule has 39 heavy (non-hydrogen) atoms. The largest absolute Gasteiger partial charge is 0.379 e. The number of likely N-dealkylation sites (tertiary alicyclic amines) is 1. The van der Waals surface area contributed by atoms with E-state index in [1.807, 2.05) is 29.8 Å². The van der Waals surface area contributed by atoms with Crippen molar-refractivity contribution in [2.45, 2.75) is 56.9 Å². The highest BCUT2D eigenvalue weighted by atomic mass is 19.3. The smallest absolute Gasteiger partial charge is 0.290 e. The standard InChI is InChI=1S/C29H34F2N6O2/c1-19-5-4-10-37(14-19)15-20-11-24(34-26-23(20)8-9-29(26,30)31)27(38)33-22-7-3-6-21(12-22)28(16-39-17-28)13-25-35-32-18-36(25)2/h3,6-7,11-12,18-19H,4-5,8-10,13-17H2,1-2H3,(H,33,38)/t19-/m0/s1. The van der Waals surface area contributed by atoms with Crippen molar-refractivity contribution in [1.82, 2.24) is 24.6 Å². The first-order valence-electron chi connectivity index (χ1n) is 13.7. The number of rotatable bonds is 7. The van der Waals surface area contributed by atoms with Crippen LogP contribution in [0.15, 0.2) is 36.7 Å². The van der Waals surface area contributed by atoms with Gasteiger partial charge in [0.2, 0.25) is 0 Å². The number of pyridine rings is 1. The Labute approximate surface area is 226 Å². The number of amides is 1. The molecule has 1 aromatic carbocycles. The third-order valence-corrected chi connectivity index (χ3v) is 8.41. The Hall–Kier alpha value is -3.24. The van der Waals surface area contributed by atoms with Crippen molar-refractivity contribution in [3.05, 3.63) is 70.6 Å². The lowest BCUT2D eigenvalue weighted by molar-refractivity contribution is -0.0610. The fraction of sp³-hybridized carbons (Fsp3) is 0.517. The zero-order valence-electron chi connectivity index (χ0n) is 22.4. The highest BCUT2D eigenvalue weighted by Crippen LogP contribution is 2.42. The Kier molecular flexibility index (Phi) is 6.71. The van der Waals surface area contributed by atoms with Crippen LogP contribution in [-0.2, 0) is 42.5 Å². The predicted octanol–water partition coefficient (Wildman–Crippen LogP) is 4.24. The topological polar surface area (TPSA) is 85.2 Å². The van der Waals surface area contributed by atoms with E-state index in [0.29, 0.717) is 43.3 Å². The number of benzene rings is 1. The first kappa shape index (κ1) is 26.0. The van der Waals surface area contributed by atoms with E-state index in [1.165, 1.54) is 6.42 Å². The van der Waals surface area contributed by atoms with Crippen LogP contribution in [0.5, 0.6) is 0 Å². The SMILES string of the molecule is C[C@H]1CCCN(Cc2cc(C(=O)Nc3cccc(C4(Cc5nncn5C)COC4)c3)nc3c2CCC3(F)F)C1. The number of nitrogens with zero attached hydrogens (tertiary/aromatic N) is 5. The van der Waals surface area contributed by atoms with Crippen molar-refractivity contribution in [3.8, 4) is 0 Å². The number of carbonyl (C=O) groups excluding carboxylic acids is 1. The molecule has 3 aromatic rings. The van der Waals surface area contributed by atoms with E-state index in [9.17, 15) is 13.6 Å². The molecular formula is C29H34F2N6O2. The Morgan fingerprint density at radius 2 is 2.10 bits per heavy atom. The quantitative estimate of drug-likeness (QED) is 0.486. The summed E-state index contributed by atoms with van der Waals surface area (Å²) in [6.45, 7) is 5.73. The lowest BCUT2D eigenvalue weighted by Gasteiger charge is -2.41. The van der Waals surface area contributed by atoms with Crippen molar-refractivity contribution in [1.29, 1.82) is 0 Å². The summed E-state index contributed by atoms with van der Waals surface area (Å²) in [5.74, 6) is -2.08. The van der Waals surface area contributed by atoms with Gasteiger partial charge in [-0.1, -0.05) is 19.1 Å². The molecule has 1 atom stereocenters. The Balaban J connectivity index is 1.25. The molecule has 3 aliphatic rings. The first-order chi connectivity index (χ1) is 18.7. The normalized spacial score (nSPS) is 21.8. The fourth-order valence-corrected chi connectivity index (χ4v) is 6.15. The van der Waals surface area contributed by atoms with Gasteiger partial charge in [0, 0.05) is 44.1 Å². The maximum absolute atomic E-state index is 14.8. The second kappa shape index (κ2) is 10.1. The molecule has 1 N–H and O–H groups in total. The van der Waals surface area contributed by atoms with E-state index in [0.717, 1.165) is 36.5 Å². The van der Waals surface area contributed by atoms with Gasteiger partial charge in [-0.05, 0) is 66.6 Å². The van der Waals surface area contributed by atoms with Crippen LogP contribution in [0, 0.1) is 5.92 Å². The number of hydrogen-bond acceptors (Lipinski definition) is 6. The number of fused-ring (bicyclic) bond motifs is 1. The van der Waals surface area contributed by atoms with E-state index in [-0.39, 0.29) is 29.6 Å². The van der Waals surface area contributed by atoms with Crippen LogP contribution in [-0.4, -0.2) is 56.9 Å². The third-order valence-electron chi connectivity index (χ3n) is 8.41. The molecule has 0 saturated carbocycles. The summed E-state index contributed by atoms with van der Waals surface area (Å²) in [6, 6.07) is 9.34. The second-order valence-corrected chi connectivity index (χ2v) is 11.5. The number of anilines is 1. The molecule has 2 fully saturated rings. The molecule has 2 aromatic heterocycles. The monoisotopic (exact) mass is 536 g/mol. The van der Waals surface area contributed by atoms with Gasteiger partial charge < -0.3 is 14.6 Å². The highest BCUT2D eigenvalue weighted by molar-refractivity contribution is 6.03. The third kappa shape index (κ3) is 5.07. The number of hydrogen-bond donors (Lipinski definition) is 1. The van der Waals surface area contributed by atoms with Crippen molar-refractivity contribution in [3.63, 3.8) is 0 Å². The van der Waals surface area contributed by atoms with E-state index in [1.54, 1.807) is 18.5 Å². The van der Waals surface area contributed by atoms with E-state index in [4.69, 9.17) is 4.74 Å². The lowest BCUT2D eigenvalue weighted by Crippen LogP contribution is -2.49. The fourth-order valence-electron chi connectivity index (χ4n) is 6.15. The molecule has 1 amide bonds. The molecule has 0 radical (unpaired) electrons. The van der Waals surface area contributed by atoms with Crippen LogP contribution in [0.1, 0.15) is 64.9 Å².